The van der Waals surface area contributed by atoms with Gasteiger partial charge < -0.3 is 4.42 Å². The topological polar surface area (TPSA) is 85.1 Å². The molecule has 4 rings (SSSR count). The van der Waals surface area contributed by atoms with E-state index in [1.807, 2.05) is 12.1 Å². The first-order valence-corrected chi connectivity index (χ1v) is 10.5. The molecule has 0 radical (unpaired) electrons. The Bertz CT molecular complexity index is 986. The third kappa shape index (κ3) is 3.45. The number of nitrogens with zero attached hydrogens (tertiary/aromatic N) is 2. The van der Waals surface area contributed by atoms with Gasteiger partial charge in [-0.25, -0.2) is 8.42 Å². The summed E-state index contributed by atoms with van der Waals surface area (Å²) in [5.74, 6) is 1.38. The van der Waals surface area contributed by atoms with Crippen molar-refractivity contribution in [1.82, 2.24) is 10.2 Å². The van der Waals surface area contributed by atoms with Crippen molar-refractivity contribution in [2.45, 2.75) is 36.3 Å². The number of nitrogens with one attached hydrogen (secondary N) is 1. The fourth-order valence-electron chi connectivity index (χ4n) is 2.43. The van der Waals surface area contributed by atoms with Gasteiger partial charge in [0.1, 0.15) is 4.21 Å². The average Bonchev–Trinajstić information content (AvgIpc) is 3.12. The van der Waals surface area contributed by atoms with Crippen LogP contribution in [0.2, 0.25) is 0 Å². The van der Waals surface area contributed by atoms with E-state index in [2.05, 4.69) is 21.8 Å². The number of rotatable bonds is 6. The lowest BCUT2D eigenvalue weighted by molar-refractivity contribution is 0.508. The number of aromatic nitrogens is 2. The Hall–Kier alpha value is -2.19. The molecule has 2 heterocycles. The van der Waals surface area contributed by atoms with E-state index in [4.69, 9.17) is 4.42 Å². The summed E-state index contributed by atoms with van der Waals surface area (Å²) in [7, 11) is -3.64. The van der Waals surface area contributed by atoms with Gasteiger partial charge in [0.2, 0.25) is 11.8 Å². The van der Waals surface area contributed by atoms with Crippen LogP contribution in [0.1, 0.15) is 37.1 Å². The lowest BCUT2D eigenvalue weighted by atomic mass is 10.2. The van der Waals surface area contributed by atoms with Crippen LogP contribution in [0.4, 0.5) is 5.69 Å². The van der Waals surface area contributed by atoms with Gasteiger partial charge in [-0.3, -0.25) is 4.72 Å². The van der Waals surface area contributed by atoms with Gasteiger partial charge in [-0.1, -0.05) is 19.1 Å². The molecule has 3 aromatic rings. The van der Waals surface area contributed by atoms with Crippen molar-refractivity contribution < 1.29 is 12.8 Å². The molecule has 1 aliphatic rings. The maximum absolute atomic E-state index is 12.6. The SMILES string of the molecule is CCc1ccc(NS(=O)(=O)c2cc(-c3nnc(C4CC4)o3)cs2)cc1. The zero-order valence-corrected chi connectivity index (χ0v) is 15.2. The second-order valence-corrected chi connectivity index (χ2v) is 8.85. The Labute approximate surface area is 150 Å². The van der Waals surface area contributed by atoms with Crippen molar-refractivity contribution in [2.75, 3.05) is 4.72 Å². The van der Waals surface area contributed by atoms with E-state index in [0.29, 0.717) is 29.0 Å². The van der Waals surface area contributed by atoms with E-state index in [1.165, 1.54) is 0 Å². The predicted octanol–water partition coefficient (Wildman–Crippen LogP) is 4.04. The molecule has 1 N–H and O–H groups in total. The number of anilines is 1. The summed E-state index contributed by atoms with van der Waals surface area (Å²) in [4.78, 5) is 0. The Morgan fingerprint density at radius 1 is 1.24 bits per heavy atom. The van der Waals surface area contributed by atoms with Gasteiger partial charge in [-0.15, -0.1) is 21.5 Å². The van der Waals surface area contributed by atoms with Gasteiger partial charge >= 0.3 is 0 Å². The molecular weight excluding hydrogens is 358 g/mol. The number of aryl methyl sites for hydroxylation is 1. The smallest absolute Gasteiger partial charge is 0.271 e. The standard InChI is InChI=1S/C17H17N3O3S2/c1-2-11-3-7-14(8-4-11)20-25(21,22)15-9-13(10-24-15)17-19-18-16(23-17)12-5-6-12/h3-4,7-10,12,20H,2,5-6H2,1H3. The zero-order valence-electron chi connectivity index (χ0n) is 13.6. The lowest BCUT2D eigenvalue weighted by Crippen LogP contribution is -2.11. The highest BCUT2D eigenvalue weighted by Crippen LogP contribution is 2.40. The summed E-state index contributed by atoms with van der Waals surface area (Å²) < 4.78 is 33.6. The minimum atomic E-state index is -3.64. The third-order valence-electron chi connectivity index (χ3n) is 4.07. The first-order chi connectivity index (χ1) is 12.0. The monoisotopic (exact) mass is 375 g/mol. The van der Waals surface area contributed by atoms with Crippen molar-refractivity contribution in [3.63, 3.8) is 0 Å². The van der Waals surface area contributed by atoms with E-state index in [0.717, 1.165) is 36.2 Å². The highest BCUT2D eigenvalue weighted by molar-refractivity contribution is 7.94. The van der Waals surface area contributed by atoms with Crippen LogP contribution >= 0.6 is 11.3 Å². The lowest BCUT2D eigenvalue weighted by Gasteiger charge is -2.06. The molecule has 1 aromatic carbocycles. The first-order valence-electron chi connectivity index (χ1n) is 8.09. The molecule has 0 saturated heterocycles. The van der Waals surface area contributed by atoms with Crippen LogP contribution in [0.3, 0.4) is 0 Å². The molecule has 130 valence electrons. The molecule has 8 heteroatoms. The number of thiophene rings is 1. The summed E-state index contributed by atoms with van der Waals surface area (Å²) in [5, 5.41) is 9.78. The van der Waals surface area contributed by atoms with Gasteiger partial charge in [0, 0.05) is 17.0 Å². The minimum Gasteiger partial charge on any atom is -0.420 e. The van der Waals surface area contributed by atoms with Crippen molar-refractivity contribution in [2.24, 2.45) is 0 Å². The highest BCUT2D eigenvalue weighted by atomic mass is 32.2. The molecule has 1 aliphatic carbocycles. The molecule has 0 amide bonds. The van der Waals surface area contributed by atoms with Gasteiger partial charge in [-0.05, 0) is 43.0 Å². The molecule has 1 saturated carbocycles. The normalized spacial score (nSPS) is 14.6. The third-order valence-corrected chi connectivity index (χ3v) is 6.89. The van der Waals surface area contributed by atoms with Crippen LogP contribution in [-0.2, 0) is 16.4 Å². The maximum atomic E-state index is 12.6. The van der Waals surface area contributed by atoms with Gasteiger partial charge in [0.25, 0.3) is 10.0 Å². The summed E-state index contributed by atoms with van der Waals surface area (Å²) in [6.45, 7) is 2.05. The van der Waals surface area contributed by atoms with E-state index in [1.54, 1.807) is 23.6 Å². The van der Waals surface area contributed by atoms with Crippen LogP contribution in [0.25, 0.3) is 11.5 Å². The summed E-state index contributed by atoms with van der Waals surface area (Å²) >= 11 is 1.13. The Kier molecular flexibility index (Phi) is 4.09. The van der Waals surface area contributed by atoms with Crippen LogP contribution < -0.4 is 4.72 Å². The van der Waals surface area contributed by atoms with E-state index < -0.39 is 10.0 Å². The predicted molar refractivity (Wildman–Crippen MR) is 96.2 cm³/mol. The minimum absolute atomic E-state index is 0.216. The first kappa shape index (κ1) is 16.3. The average molecular weight is 375 g/mol. The van der Waals surface area contributed by atoms with Crippen molar-refractivity contribution in [3.8, 4) is 11.5 Å². The summed E-state index contributed by atoms with van der Waals surface area (Å²) in [5.41, 5.74) is 2.33. The molecule has 2 aromatic heterocycles. The molecule has 0 bridgehead atoms. The molecular formula is C17H17N3O3S2. The van der Waals surface area contributed by atoms with Crippen molar-refractivity contribution >= 4 is 27.0 Å². The van der Waals surface area contributed by atoms with E-state index in [9.17, 15) is 8.42 Å². The molecule has 0 spiro atoms. The Morgan fingerprint density at radius 2 is 2.00 bits per heavy atom. The summed E-state index contributed by atoms with van der Waals surface area (Å²) in [6.07, 6.45) is 3.06. The quantitative estimate of drug-likeness (QED) is 0.703. The van der Waals surface area contributed by atoms with Crippen LogP contribution in [-0.4, -0.2) is 18.6 Å². The fraction of sp³-hybridized carbons (Fsp3) is 0.294. The molecule has 25 heavy (non-hydrogen) atoms. The molecule has 0 atom stereocenters. The van der Waals surface area contributed by atoms with Gasteiger partial charge in [-0.2, -0.15) is 0 Å². The Morgan fingerprint density at radius 3 is 2.68 bits per heavy atom. The second-order valence-electron chi connectivity index (χ2n) is 6.03. The van der Waals surface area contributed by atoms with Crippen LogP contribution in [0.5, 0.6) is 0 Å². The fourth-order valence-corrected chi connectivity index (χ4v) is 4.64. The van der Waals surface area contributed by atoms with E-state index in [-0.39, 0.29) is 4.21 Å². The molecule has 6 nitrogen and oxygen atoms in total. The number of benzene rings is 1. The van der Waals surface area contributed by atoms with Crippen LogP contribution in [0, 0.1) is 0 Å². The Balaban J connectivity index is 1.54. The summed E-state index contributed by atoms with van der Waals surface area (Å²) in [6, 6.07) is 8.93. The number of hydrogen-bond acceptors (Lipinski definition) is 6. The maximum Gasteiger partial charge on any atom is 0.271 e. The number of hydrogen-bond donors (Lipinski definition) is 1. The number of sulfonamides is 1. The largest absolute Gasteiger partial charge is 0.420 e. The zero-order chi connectivity index (χ0) is 17.4. The molecule has 0 aliphatic heterocycles. The molecule has 0 unspecified atom stereocenters. The molecule has 1 fully saturated rings. The van der Waals surface area contributed by atoms with Gasteiger partial charge in [0.15, 0.2) is 0 Å². The van der Waals surface area contributed by atoms with Gasteiger partial charge in [0.05, 0.1) is 5.56 Å². The highest BCUT2D eigenvalue weighted by Gasteiger charge is 2.30. The second kappa shape index (κ2) is 6.27. The van der Waals surface area contributed by atoms with E-state index >= 15 is 0 Å². The van der Waals surface area contributed by atoms with Crippen LogP contribution in [0.15, 0.2) is 44.3 Å². The van der Waals surface area contributed by atoms with Crippen molar-refractivity contribution in [1.29, 1.82) is 0 Å². The van der Waals surface area contributed by atoms with Crippen molar-refractivity contribution in [3.05, 3.63) is 47.2 Å².